The van der Waals surface area contributed by atoms with Crippen molar-refractivity contribution in [3.05, 3.63) is 28.2 Å². The fourth-order valence-corrected chi connectivity index (χ4v) is 2.66. The van der Waals surface area contributed by atoms with Crippen LogP contribution in [0.25, 0.3) is 0 Å². The molecule has 0 radical (unpaired) electrons. The van der Waals surface area contributed by atoms with E-state index < -0.39 is 5.92 Å². The van der Waals surface area contributed by atoms with Crippen molar-refractivity contribution in [2.45, 2.75) is 38.7 Å². The predicted octanol–water partition coefficient (Wildman–Crippen LogP) is 3.72. The molecular weight excluding hydrogens is 342 g/mol. The maximum atomic E-state index is 12.8. The van der Waals surface area contributed by atoms with Crippen LogP contribution in [0.4, 0.5) is 14.5 Å². The van der Waals surface area contributed by atoms with Gasteiger partial charge in [-0.25, -0.2) is 8.78 Å². The van der Waals surface area contributed by atoms with Crippen LogP contribution in [0.2, 0.25) is 0 Å². The molecule has 0 aromatic heterocycles. The minimum atomic E-state index is -2.52. The van der Waals surface area contributed by atoms with Gasteiger partial charge in [-0.15, -0.1) is 0 Å². The van der Waals surface area contributed by atoms with Gasteiger partial charge in [0.15, 0.2) is 0 Å². The highest BCUT2D eigenvalue weighted by Crippen LogP contribution is 2.43. The molecule has 1 saturated carbocycles. The van der Waals surface area contributed by atoms with Crippen LogP contribution >= 0.6 is 15.9 Å². The standard InChI is InChI=1S/C15H19BrF2N2O/c1-9-5-12(3-4-13(9)16)20-14(21)8-19-10(2)11-6-15(17,18)7-11/h3-5,10-11,19H,6-8H2,1-2H3,(H,20,21). The zero-order valence-electron chi connectivity index (χ0n) is 12.1. The Labute approximate surface area is 131 Å². The van der Waals surface area contributed by atoms with E-state index in [4.69, 9.17) is 0 Å². The number of anilines is 1. The third kappa shape index (κ3) is 4.48. The third-order valence-electron chi connectivity index (χ3n) is 3.86. The fraction of sp³-hybridized carbons (Fsp3) is 0.533. The minimum absolute atomic E-state index is 0.0530. The lowest BCUT2D eigenvalue weighted by Gasteiger charge is -2.39. The highest BCUT2D eigenvalue weighted by Gasteiger charge is 2.47. The zero-order valence-corrected chi connectivity index (χ0v) is 13.6. The van der Waals surface area contributed by atoms with Crippen molar-refractivity contribution in [3.63, 3.8) is 0 Å². The average Bonchev–Trinajstić information content (AvgIpc) is 2.37. The fourth-order valence-electron chi connectivity index (χ4n) is 2.41. The Morgan fingerprint density at radius 1 is 1.48 bits per heavy atom. The first-order chi connectivity index (χ1) is 9.77. The maximum Gasteiger partial charge on any atom is 0.248 e. The number of carbonyl (C=O) groups excluding carboxylic acids is 1. The van der Waals surface area contributed by atoms with Crippen LogP contribution < -0.4 is 10.6 Å². The number of rotatable bonds is 5. The van der Waals surface area contributed by atoms with Crippen molar-refractivity contribution in [1.29, 1.82) is 0 Å². The molecule has 0 saturated heterocycles. The summed E-state index contributed by atoms with van der Waals surface area (Å²) >= 11 is 3.40. The molecule has 1 fully saturated rings. The lowest BCUT2D eigenvalue weighted by Crippen LogP contribution is -2.48. The summed E-state index contributed by atoms with van der Waals surface area (Å²) in [4.78, 5) is 11.8. The van der Waals surface area contributed by atoms with Gasteiger partial charge in [0.25, 0.3) is 0 Å². The zero-order chi connectivity index (χ0) is 15.6. The Morgan fingerprint density at radius 2 is 2.14 bits per heavy atom. The number of benzene rings is 1. The second-order valence-electron chi connectivity index (χ2n) is 5.71. The minimum Gasteiger partial charge on any atom is -0.325 e. The summed E-state index contributed by atoms with van der Waals surface area (Å²) in [5.74, 6) is -2.74. The van der Waals surface area contributed by atoms with Crippen molar-refractivity contribution in [1.82, 2.24) is 5.32 Å². The van der Waals surface area contributed by atoms with E-state index in [1.807, 2.05) is 32.0 Å². The van der Waals surface area contributed by atoms with E-state index in [-0.39, 0.29) is 37.3 Å². The Kier molecular flexibility index (Phi) is 4.99. The van der Waals surface area contributed by atoms with Crippen LogP contribution in [0.15, 0.2) is 22.7 Å². The molecule has 116 valence electrons. The molecule has 3 nitrogen and oxygen atoms in total. The van der Waals surface area contributed by atoms with Crippen molar-refractivity contribution in [2.24, 2.45) is 5.92 Å². The second-order valence-corrected chi connectivity index (χ2v) is 6.56. The molecule has 1 aromatic carbocycles. The number of alkyl halides is 2. The molecule has 0 bridgehead atoms. The lowest BCUT2D eigenvalue weighted by molar-refractivity contribution is -0.120. The predicted molar refractivity (Wildman–Crippen MR) is 82.6 cm³/mol. The molecule has 21 heavy (non-hydrogen) atoms. The van der Waals surface area contributed by atoms with Gasteiger partial charge in [0, 0.05) is 29.0 Å². The van der Waals surface area contributed by atoms with Gasteiger partial charge in [-0.05, 0) is 43.5 Å². The molecule has 0 spiro atoms. The first kappa shape index (κ1) is 16.4. The highest BCUT2D eigenvalue weighted by atomic mass is 79.9. The van der Waals surface area contributed by atoms with E-state index in [1.165, 1.54) is 0 Å². The molecule has 1 unspecified atom stereocenters. The molecule has 1 aliphatic rings. The van der Waals surface area contributed by atoms with Crippen LogP contribution in [0.5, 0.6) is 0 Å². The molecule has 2 N–H and O–H groups in total. The van der Waals surface area contributed by atoms with Crippen molar-refractivity contribution >= 4 is 27.5 Å². The van der Waals surface area contributed by atoms with Crippen molar-refractivity contribution < 1.29 is 13.6 Å². The molecule has 1 atom stereocenters. The first-order valence-corrected chi connectivity index (χ1v) is 7.73. The summed E-state index contributed by atoms with van der Waals surface area (Å²) in [5, 5.41) is 5.80. The molecule has 1 amide bonds. The Hall–Kier alpha value is -1.01. The number of halogens is 3. The summed E-state index contributed by atoms with van der Waals surface area (Å²) in [7, 11) is 0. The smallest absolute Gasteiger partial charge is 0.248 e. The van der Waals surface area contributed by atoms with Crippen LogP contribution in [-0.4, -0.2) is 24.4 Å². The monoisotopic (exact) mass is 360 g/mol. The molecular formula is C15H19BrF2N2O. The molecule has 6 heteroatoms. The maximum absolute atomic E-state index is 12.8. The number of aryl methyl sites for hydroxylation is 1. The van der Waals surface area contributed by atoms with Gasteiger partial charge >= 0.3 is 0 Å². The normalized spacial score (nSPS) is 18.9. The van der Waals surface area contributed by atoms with Gasteiger partial charge in [-0.3, -0.25) is 4.79 Å². The van der Waals surface area contributed by atoms with Gasteiger partial charge in [-0.1, -0.05) is 15.9 Å². The Bertz CT molecular complexity index is 528. The molecule has 0 heterocycles. The number of hydrogen-bond donors (Lipinski definition) is 2. The van der Waals surface area contributed by atoms with Crippen LogP contribution in [0.1, 0.15) is 25.3 Å². The highest BCUT2D eigenvalue weighted by molar-refractivity contribution is 9.10. The molecule has 1 aromatic rings. The van der Waals surface area contributed by atoms with E-state index in [2.05, 4.69) is 26.6 Å². The summed E-state index contributed by atoms with van der Waals surface area (Å²) < 4.78 is 26.6. The van der Waals surface area contributed by atoms with Crippen molar-refractivity contribution in [3.8, 4) is 0 Å². The van der Waals surface area contributed by atoms with Gasteiger partial charge in [0.05, 0.1) is 6.54 Å². The SMILES string of the molecule is Cc1cc(NC(=O)CNC(C)C2CC(F)(F)C2)ccc1Br. The second kappa shape index (κ2) is 6.40. The van der Waals surface area contributed by atoms with Gasteiger partial charge < -0.3 is 10.6 Å². The quantitative estimate of drug-likeness (QED) is 0.839. The summed E-state index contributed by atoms with van der Waals surface area (Å²) in [6.45, 7) is 3.91. The van der Waals surface area contributed by atoms with E-state index in [0.29, 0.717) is 0 Å². The number of hydrogen-bond acceptors (Lipinski definition) is 2. The van der Waals surface area contributed by atoms with Gasteiger partial charge in [-0.2, -0.15) is 0 Å². The summed E-state index contributed by atoms with van der Waals surface area (Å²) in [6.07, 6.45) is -0.177. The van der Waals surface area contributed by atoms with Crippen LogP contribution in [-0.2, 0) is 4.79 Å². The Morgan fingerprint density at radius 3 is 2.71 bits per heavy atom. The van der Waals surface area contributed by atoms with E-state index in [9.17, 15) is 13.6 Å². The number of nitrogens with one attached hydrogen (secondary N) is 2. The van der Waals surface area contributed by atoms with Crippen molar-refractivity contribution in [2.75, 3.05) is 11.9 Å². The van der Waals surface area contributed by atoms with E-state index in [1.54, 1.807) is 0 Å². The molecule has 2 rings (SSSR count). The van der Waals surface area contributed by atoms with Gasteiger partial charge in [0.1, 0.15) is 0 Å². The first-order valence-electron chi connectivity index (χ1n) is 6.94. The molecule has 1 aliphatic carbocycles. The average molecular weight is 361 g/mol. The van der Waals surface area contributed by atoms with Crippen LogP contribution in [0, 0.1) is 12.8 Å². The van der Waals surface area contributed by atoms with E-state index in [0.717, 1.165) is 15.7 Å². The largest absolute Gasteiger partial charge is 0.325 e. The molecule has 0 aliphatic heterocycles. The number of carbonyl (C=O) groups is 1. The van der Waals surface area contributed by atoms with Gasteiger partial charge in [0.2, 0.25) is 11.8 Å². The third-order valence-corrected chi connectivity index (χ3v) is 4.74. The van der Waals surface area contributed by atoms with E-state index >= 15 is 0 Å². The Balaban J connectivity index is 1.76. The van der Waals surface area contributed by atoms with Crippen LogP contribution in [0.3, 0.4) is 0 Å². The topological polar surface area (TPSA) is 41.1 Å². The lowest BCUT2D eigenvalue weighted by atomic mass is 9.77. The summed E-state index contributed by atoms with van der Waals surface area (Å²) in [6, 6.07) is 5.47. The summed E-state index contributed by atoms with van der Waals surface area (Å²) in [5.41, 5.74) is 1.76. The number of amides is 1.